The van der Waals surface area contributed by atoms with E-state index in [0.29, 0.717) is 30.5 Å². The standard InChI is InChI=1S/C24H35F2N5O3/c1-23(2,3)34-22(32)30-21(16-4-8-24(25,26)9-5-16)18-14-31-19(29-18)12-17(13-28-31)20(27)15-6-10-33-11-7-15/h12-16,20-21H,4-11,27H2,1-3H3,(H,30,32)/t20?,21-/m0/s1. The number of nitrogens with one attached hydrogen (secondary N) is 1. The first kappa shape index (κ1) is 24.8. The number of aromatic nitrogens is 3. The van der Waals surface area contributed by atoms with E-state index in [2.05, 4.69) is 10.4 Å². The van der Waals surface area contributed by atoms with Crippen molar-refractivity contribution < 1.29 is 23.0 Å². The number of halogens is 2. The maximum atomic E-state index is 13.8. The molecule has 4 rings (SSSR count). The fourth-order valence-electron chi connectivity index (χ4n) is 4.85. The van der Waals surface area contributed by atoms with Crippen LogP contribution in [0.15, 0.2) is 18.5 Å². The van der Waals surface area contributed by atoms with Gasteiger partial charge in [0.1, 0.15) is 5.60 Å². The summed E-state index contributed by atoms with van der Waals surface area (Å²) < 4.78 is 40.1. The minimum Gasteiger partial charge on any atom is -0.444 e. The van der Waals surface area contributed by atoms with Gasteiger partial charge < -0.3 is 20.5 Å². The molecule has 1 saturated heterocycles. The van der Waals surface area contributed by atoms with Crippen molar-refractivity contribution in [2.45, 2.75) is 82.9 Å². The Morgan fingerprint density at radius 1 is 1.24 bits per heavy atom. The Kier molecular flexibility index (Phi) is 7.09. The van der Waals surface area contributed by atoms with Gasteiger partial charge in [-0.15, -0.1) is 0 Å². The molecule has 2 aliphatic rings. The van der Waals surface area contributed by atoms with Gasteiger partial charge in [0.2, 0.25) is 5.92 Å². The second-order valence-corrected chi connectivity index (χ2v) is 10.6. The van der Waals surface area contributed by atoms with Crippen molar-refractivity contribution >= 4 is 11.7 Å². The van der Waals surface area contributed by atoms with E-state index in [1.165, 1.54) is 0 Å². The molecule has 2 atom stereocenters. The van der Waals surface area contributed by atoms with Crippen molar-refractivity contribution in [1.29, 1.82) is 0 Å². The van der Waals surface area contributed by atoms with Crippen LogP contribution in [0.1, 0.15) is 82.6 Å². The van der Waals surface area contributed by atoms with Gasteiger partial charge in [0.05, 0.1) is 24.1 Å². The quantitative estimate of drug-likeness (QED) is 0.652. The molecule has 34 heavy (non-hydrogen) atoms. The van der Waals surface area contributed by atoms with Crippen molar-refractivity contribution in [3.8, 4) is 0 Å². The summed E-state index contributed by atoms with van der Waals surface area (Å²) >= 11 is 0. The molecule has 2 aromatic rings. The van der Waals surface area contributed by atoms with Gasteiger partial charge >= 0.3 is 6.09 Å². The molecule has 2 aromatic heterocycles. The molecule has 3 N–H and O–H groups in total. The van der Waals surface area contributed by atoms with E-state index < -0.39 is 23.7 Å². The average molecular weight is 480 g/mol. The van der Waals surface area contributed by atoms with Gasteiger partial charge in [0.15, 0.2) is 5.65 Å². The van der Waals surface area contributed by atoms with Crippen LogP contribution in [0.4, 0.5) is 13.6 Å². The first-order valence-corrected chi connectivity index (χ1v) is 12.1. The van der Waals surface area contributed by atoms with Gasteiger partial charge in [0, 0.05) is 32.1 Å². The summed E-state index contributed by atoms with van der Waals surface area (Å²) in [6, 6.07) is 1.19. The van der Waals surface area contributed by atoms with Crippen molar-refractivity contribution in [3.05, 3.63) is 29.7 Å². The van der Waals surface area contributed by atoms with Crippen LogP contribution >= 0.6 is 0 Å². The minimum atomic E-state index is -2.66. The van der Waals surface area contributed by atoms with Crippen LogP contribution in [0.5, 0.6) is 0 Å². The van der Waals surface area contributed by atoms with Crippen LogP contribution in [0.3, 0.4) is 0 Å². The van der Waals surface area contributed by atoms with Crippen LogP contribution in [0, 0.1) is 11.8 Å². The van der Waals surface area contributed by atoms with E-state index in [9.17, 15) is 13.6 Å². The lowest BCUT2D eigenvalue weighted by molar-refractivity contribution is -0.0500. The molecule has 0 spiro atoms. The number of nitrogens with zero attached hydrogens (tertiary/aromatic N) is 3. The number of imidazole rings is 1. The minimum absolute atomic E-state index is 0.169. The van der Waals surface area contributed by atoms with E-state index in [1.54, 1.807) is 37.7 Å². The highest BCUT2D eigenvalue weighted by molar-refractivity contribution is 5.68. The van der Waals surface area contributed by atoms with Gasteiger partial charge in [0.25, 0.3) is 0 Å². The predicted molar refractivity (Wildman–Crippen MR) is 122 cm³/mol. The number of carbonyl (C=O) groups is 1. The number of nitrogens with two attached hydrogens (primary N) is 1. The SMILES string of the molecule is CC(C)(C)OC(=O)N[C@H](c1cn2ncc(C(N)C3CCOCC3)cc2n1)C1CCC(F)(F)CC1. The largest absolute Gasteiger partial charge is 0.444 e. The van der Waals surface area contributed by atoms with Crippen molar-refractivity contribution in [1.82, 2.24) is 19.9 Å². The van der Waals surface area contributed by atoms with Gasteiger partial charge in [-0.2, -0.15) is 5.10 Å². The Hall–Kier alpha value is -2.33. The molecule has 10 heteroatoms. The zero-order valence-corrected chi connectivity index (χ0v) is 20.1. The van der Waals surface area contributed by atoms with E-state index in [1.807, 2.05) is 6.07 Å². The Morgan fingerprint density at radius 3 is 2.56 bits per heavy atom. The van der Waals surface area contributed by atoms with Gasteiger partial charge in [-0.05, 0) is 69.9 Å². The van der Waals surface area contributed by atoms with Gasteiger partial charge in [-0.25, -0.2) is 23.1 Å². The zero-order valence-electron chi connectivity index (χ0n) is 20.1. The Morgan fingerprint density at radius 2 is 1.91 bits per heavy atom. The molecule has 1 saturated carbocycles. The molecule has 1 amide bonds. The highest BCUT2D eigenvalue weighted by Gasteiger charge is 2.39. The maximum absolute atomic E-state index is 13.8. The molecule has 1 aliphatic heterocycles. The lowest BCUT2D eigenvalue weighted by Crippen LogP contribution is -2.40. The topological polar surface area (TPSA) is 104 Å². The number of rotatable bonds is 5. The van der Waals surface area contributed by atoms with E-state index in [4.69, 9.17) is 20.2 Å². The summed E-state index contributed by atoms with van der Waals surface area (Å²) in [5.41, 5.74) is 7.91. The third-order valence-corrected chi connectivity index (χ3v) is 6.74. The molecule has 188 valence electrons. The smallest absolute Gasteiger partial charge is 0.408 e. The molecule has 2 fully saturated rings. The predicted octanol–water partition coefficient (Wildman–Crippen LogP) is 4.55. The molecule has 0 bridgehead atoms. The third kappa shape index (κ3) is 6.02. The van der Waals surface area contributed by atoms with Crippen molar-refractivity contribution in [2.24, 2.45) is 17.6 Å². The number of hydrogen-bond donors (Lipinski definition) is 2. The van der Waals surface area contributed by atoms with Crippen LogP contribution in [-0.4, -0.2) is 45.4 Å². The number of alkyl carbamates (subject to hydrolysis) is 1. The molecule has 3 heterocycles. The molecular formula is C24H35F2N5O3. The summed E-state index contributed by atoms with van der Waals surface area (Å²) in [5, 5.41) is 7.37. The van der Waals surface area contributed by atoms with Gasteiger partial charge in [-0.3, -0.25) is 0 Å². The van der Waals surface area contributed by atoms with E-state index >= 15 is 0 Å². The first-order valence-electron chi connectivity index (χ1n) is 12.1. The molecule has 8 nitrogen and oxygen atoms in total. The third-order valence-electron chi connectivity index (χ3n) is 6.74. The van der Waals surface area contributed by atoms with Crippen LogP contribution in [-0.2, 0) is 9.47 Å². The highest BCUT2D eigenvalue weighted by Crippen LogP contribution is 2.41. The Bertz CT molecular complexity index is 990. The first-order chi connectivity index (χ1) is 16.0. The lowest BCUT2D eigenvalue weighted by Gasteiger charge is -2.33. The van der Waals surface area contributed by atoms with Gasteiger partial charge in [-0.1, -0.05) is 0 Å². The second kappa shape index (κ2) is 9.73. The number of alkyl halides is 2. The van der Waals surface area contributed by atoms with Crippen molar-refractivity contribution in [2.75, 3.05) is 13.2 Å². The zero-order chi connectivity index (χ0) is 24.5. The van der Waals surface area contributed by atoms with Crippen LogP contribution in [0.2, 0.25) is 0 Å². The summed E-state index contributed by atoms with van der Waals surface area (Å²) in [6.07, 6.45) is 4.86. The molecule has 1 unspecified atom stereocenters. The number of carbonyl (C=O) groups excluding carboxylic acids is 1. The van der Waals surface area contributed by atoms with E-state index in [0.717, 1.165) is 18.4 Å². The number of amides is 1. The Labute approximate surface area is 198 Å². The second-order valence-electron chi connectivity index (χ2n) is 10.6. The number of ether oxygens (including phenoxy) is 2. The van der Waals surface area contributed by atoms with Crippen LogP contribution < -0.4 is 11.1 Å². The Balaban J connectivity index is 1.58. The molecule has 0 radical (unpaired) electrons. The fourth-order valence-corrected chi connectivity index (χ4v) is 4.85. The lowest BCUT2D eigenvalue weighted by atomic mass is 9.81. The summed E-state index contributed by atoms with van der Waals surface area (Å²) in [6.45, 7) is 6.75. The summed E-state index contributed by atoms with van der Waals surface area (Å²) in [7, 11) is 0. The van der Waals surface area contributed by atoms with E-state index in [-0.39, 0.29) is 37.6 Å². The number of hydrogen-bond acceptors (Lipinski definition) is 6. The van der Waals surface area contributed by atoms with Crippen LogP contribution in [0.25, 0.3) is 5.65 Å². The molecule has 1 aliphatic carbocycles. The normalized spacial score (nSPS) is 21.8. The van der Waals surface area contributed by atoms with Crippen molar-refractivity contribution in [3.63, 3.8) is 0 Å². The summed E-state index contributed by atoms with van der Waals surface area (Å²) in [5.74, 6) is -2.53. The highest BCUT2D eigenvalue weighted by atomic mass is 19.3. The molecular weight excluding hydrogens is 444 g/mol. The average Bonchev–Trinajstić information content (AvgIpc) is 3.20. The monoisotopic (exact) mass is 479 g/mol. The fraction of sp³-hybridized carbons (Fsp3) is 0.708. The maximum Gasteiger partial charge on any atom is 0.408 e. The number of fused-ring (bicyclic) bond motifs is 1. The summed E-state index contributed by atoms with van der Waals surface area (Å²) in [4.78, 5) is 17.3. The molecule has 0 aromatic carbocycles.